The molecule has 4 atom stereocenters. The molecule has 1 aromatic carbocycles. The van der Waals surface area contributed by atoms with E-state index in [1.165, 1.54) is 19.1 Å². The Balaban J connectivity index is 2.11. The summed E-state index contributed by atoms with van der Waals surface area (Å²) >= 11 is 0. The van der Waals surface area contributed by atoms with Crippen molar-refractivity contribution in [1.82, 2.24) is 10.2 Å². The van der Waals surface area contributed by atoms with Gasteiger partial charge in [-0.15, -0.1) is 0 Å². The van der Waals surface area contributed by atoms with E-state index in [0.717, 1.165) is 0 Å². The molecule has 0 saturated carbocycles. The van der Waals surface area contributed by atoms with E-state index in [-0.39, 0.29) is 45.2 Å². The molecule has 182 valence electrons. The minimum absolute atomic E-state index is 0.0514. The fourth-order valence-corrected chi connectivity index (χ4v) is 4.45. The zero-order valence-corrected chi connectivity index (χ0v) is 19.1. The number of nitrogens with one attached hydrogen (secondary N) is 1. The zero-order chi connectivity index (χ0) is 24.1. The number of hydrogen-bond donors (Lipinski definition) is 4. The summed E-state index contributed by atoms with van der Waals surface area (Å²) in [4.78, 5) is 27.3. The number of carbonyl (C=O) groups is 2. The largest absolute Gasteiger partial charge is 0.493 e. The van der Waals surface area contributed by atoms with Gasteiger partial charge in [-0.1, -0.05) is 6.92 Å². The maximum Gasteiger partial charge on any atom is 0.247 e. The van der Waals surface area contributed by atoms with Crippen molar-refractivity contribution in [3.05, 3.63) is 34.9 Å². The van der Waals surface area contributed by atoms with Crippen LogP contribution < -0.4 is 14.8 Å². The molecule has 1 aromatic rings. The lowest BCUT2D eigenvalue weighted by Gasteiger charge is -2.40. The zero-order valence-electron chi connectivity index (χ0n) is 19.1. The van der Waals surface area contributed by atoms with Crippen LogP contribution in [0.3, 0.4) is 0 Å². The van der Waals surface area contributed by atoms with Gasteiger partial charge >= 0.3 is 0 Å². The van der Waals surface area contributed by atoms with E-state index >= 15 is 0 Å². The normalized spacial score (nSPS) is 23.2. The van der Waals surface area contributed by atoms with Crippen molar-refractivity contribution in [1.29, 1.82) is 0 Å². The number of ether oxygens (including phenoxy) is 3. The third kappa shape index (κ3) is 4.84. The molecule has 10 nitrogen and oxygen atoms in total. The quantitative estimate of drug-likeness (QED) is 0.370. The lowest BCUT2D eigenvalue weighted by molar-refractivity contribution is -0.137. The van der Waals surface area contributed by atoms with Crippen molar-refractivity contribution < 1.29 is 39.1 Å². The van der Waals surface area contributed by atoms with Gasteiger partial charge in [0.05, 0.1) is 38.9 Å². The van der Waals surface area contributed by atoms with Crippen LogP contribution in [-0.2, 0) is 20.9 Å². The highest BCUT2D eigenvalue weighted by atomic mass is 16.5. The Labute approximate surface area is 192 Å². The van der Waals surface area contributed by atoms with Crippen molar-refractivity contribution in [2.75, 3.05) is 40.5 Å². The van der Waals surface area contributed by atoms with Gasteiger partial charge in [0.25, 0.3) is 0 Å². The molecule has 1 aliphatic carbocycles. The van der Waals surface area contributed by atoms with Crippen LogP contribution in [0, 0.1) is 0 Å². The number of methoxy groups -OCH3 is 2. The molecule has 0 saturated heterocycles. The van der Waals surface area contributed by atoms with Crippen LogP contribution in [0.15, 0.2) is 23.8 Å². The number of nitrogens with zero attached hydrogens (tertiary/aromatic N) is 1. The topological polar surface area (TPSA) is 138 Å². The first-order chi connectivity index (χ1) is 15.9. The minimum atomic E-state index is -1.13. The van der Waals surface area contributed by atoms with Crippen LogP contribution in [0.2, 0.25) is 0 Å². The fourth-order valence-electron chi connectivity index (χ4n) is 4.45. The summed E-state index contributed by atoms with van der Waals surface area (Å²) in [6.07, 6.45) is -0.178. The summed E-state index contributed by atoms with van der Waals surface area (Å²) in [5, 5.41) is 32.8. The van der Waals surface area contributed by atoms with E-state index in [1.54, 1.807) is 25.1 Å². The van der Waals surface area contributed by atoms with E-state index in [2.05, 4.69) is 5.32 Å². The molecule has 0 spiro atoms. The third-order valence-corrected chi connectivity index (χ3v) is 6.01. The average molecular weight is 465 g/mol. The smallest absolute Gasteiger partial charge is 0.247 e. The number of hydrogen-bond acceptors (Lipinski definition) is 8. The monoisotopic (exact) mass is 464 g/mol. The van der Waals surface area contributed by atoms with E-state index < -0.39 is 30.1 Å². The molecular formula is C23H32N2O8. The summed E-state index contributed by atoms with van der Waals surface area (Å²) in [6.45, 7) is 1.80. The molecule has 3 rings (SSSR count). The Kier molecular flexibility index (Phi) is 8.30. The number of fused-ring (bicyclic) bond motifs is 3. The highest BCUT2D eigenvalue weighted by Crippen LogP contribution is 2.51. The van der Waals surface area contributed by atoms with Gasteiger partial charge in [-0.25, -0.2) is 0 Å². The van der Waals surface area contributed by atoms with Crippen LogP contribution in [0.25, 0.3) is 0 Å². The van der Waals surface area contributed by atoms with E-state index in [4.69, 9.17) is 19.3 Å². The molecule has 0 aromatic heterocycles. The van der Waals surface area contributed by atoms with Gasteiger partial charge in [-0.05, 0) is 23.8 Å². The van der Waals surface area contributed by atoms with Crippen molar-refractivity contribution in [2.45, 2.75) is 44.1 Å². The van der Waals surface area contributed by atoms with Gasteiger partial charge in [0, 0.05) is 37.8 Å². The first-order valence-electron chi connectivity index (χ1n) is 11.0. The molecule has 1 aliphatic heterocycles. The highest BCUT2D eigenvalue weighted by Gasteiger charge is 2.51. The van der Waals surface area contributed by atoms with Crippen LogP contribution in [-0.4, -0.2) is 90.8 Å². The van der Waals surface area contributed by atoms with Crippen LogP contribution >= 0.6 is 0 Å². The molecule has 0 bridgehead atoms. The minimum Gasteiger partial charge on any atom is -0.493 e. The standard InChI is InChI=1S/C23H32N2O8/c1-4-18(28)25(6-8-31-2)16-11-15(23(30)24-5-7-26)19-14-9-13(12-27)10-17(32-3)21(14)33-22(19)20(16)29/h9-11,16,19-20,22,26-27,29H,4-8,12H2,1-3H3,(H,24,30). The highest BCUT2D eigenvalue weighted by molar-refractivity contribution is 5.96. The molecule has 4 N–H and O–H groups in total. The first-order valence-corrected chi connectivity index (χ1v) is 11.0. The van der Waals surface area contributed by atoms with Crippen molar-refractivity contribution in [3.8, 4) is 11.5 Å². The second-order valence-corrected chi connectivity index (χ2v) is 7.95. The first kappa shape index (κ1) is 25.0. The van der Waals surface area contributed by atoms with Crippen molar-refractivity contribution in [2.24, 2.45) is 0 Å². The van der Waals surface area contributed by atoms with Crippen LogP contribution in [0.4, 0.5) is 0 Å². The summed E-state index contributed by atoms with van der Waals surface area (Å²) in [6, 6.07) is 2.55. The van der Waals surface area contributed by atoms with Gasteiger partial charge in [0.2, 0.25) is 11.8 Å². The Morgan fingerprint density at radius 3 is 2.61 bits per heavy atom. The molecule has 33 heavy (non-hydrogen) atoms. The second-order valence-electron chi connectivity index (χ2n) is 7.95. The maximum absolute atomic E-state index is 13.1. The lowest BCUT2D eigenvalue weighted by atomic mass is 9.77. The molecule has 2 aliphatic rings. The summed E-state index contributed by atoms with van der Waals surface area (Å²) in [7, 11) is 2.99. The van der Waals surface area contributed by atoms with Crippen molar-refractivity contribution in [3.63, 3.8) is 0 Å². The van der Waals surface area contributed by atoms with Crippen LogP contribution in [0.5, 0.6) is 11.5 Å². The summed E-state index contributed by atoms with van der Waals surface area (Å²) in [5.41, 5.74) is 1.49. The number of aliphatic hydroxyl groups excluding tert-OH is 3. The van der Waals surface area contributed by atoms with E-state index in [9.17, 15) is 19.8 Å². The molecule has 2 amide bonds. The van der Waals surface area contributed by atoms with Gasteiger partial charge in [-0.2, -0.15) is 0 Å². The third-order valence-electron chi connectivity index (χ3n) is 6.01. The summed E-state index contributed by atoms with van der Waals surface area (Å²) in [5.74, 6) is -0.513. The van der Waals surface area contributed by atoms with E-state index in [0.29, 0.717) is 28.2 Å². The Morgan fingerprint density at radius 1 is 1.24 bits per heavy atom. The van der Waals surface area contributed by atoms with Gasteiger partial charge < -0.3 is 39.7 Å². The molecular weight excluding hydrogens is 432 g/mol. The molecule has 10 heteroatoms. The molecule has 0 radical (unpaired) electrons. The number of benzene rings is 1. The molecule has 1 heterocycles. The lowest BCUT2D eigenvalue weighted by Crippen LogP contribution is -2.56. The number of rotatable bonds is 10. The summed E-state index contributed by atoms with van der Waals surface area (Å²) < 4.78 is 16.7. The second kappa shape index (κ2) is 11.0. The molecule has 4 unspecified atom stereocenters. The predicted molar refractivity (Wildman–Crippen MR) is 118 cm³/mol. The maximum atomic E-state index is 13.1. The Hall–Kier alpha value is -2.66. The fraction of sp³-hybridized carbons (Fsp3) is 0.565. The van der Waals surface area contributed by atoms with Crippen LogP contribution in [0.1, 0.15) is 30.4 Å². The van der Waals surface area contributed by atoms with Gasteiger partial charge in [-0.3, -0.25) is 9.59 Å². The predicted octanol–water partition coefficient (Wildman–Crippen LogP) is -0.305. The Morgan fingerprint density at radius 2 is 2.00 bits per heavy atom. The van der Waals surface area contributed by atoms with Crippen molar-refractivity contribution >= 4 is 11.8 Å². The number of amides is 2. The van der Waals surface area contributed by atoms with Gasteiger partial charge in [0.15, 0.2) is 11.5 Å². The number of aliphatic hydroxyl groups is 3. The Bertz CT molecular complexity index is 903. The average Bonchev–Trinajstić information content (AvgIpc) is 3.22. The SMILES string of the molecule is CCC(=O)N(CCOC)C1C=C(C(=O)NCCO)C2c3cc(CO)cc(OC)c3OC2C1O. The van der Waals surface area contributed by atoms with E-state index in [1.807, 2.05) is 0 Å². The molecule has 0 fully saturated rings. The van der Waals surface area contributed by atoms with Gasteiger partial charge in [0.1, 0.15) is 12.2 Å². The number of carbonyl (C=O) groups excluding carboxylic acids is 2.